The molecule has 1 aliphatic heterocycles. The van der Waals surface area contributed by atoms with Gasteiger partial charge in [0.15, 0.2) is 0 Å². The molecule has 0 N–H and O–H groups in total. The highest BCUT2D eigenvalue weighted by atomic mass is 16.5. The number of carbonyl (C=O) groups excluding carboxylic acids is 1. The van der Waals surface area contributed by atoms with Gasteiger partial charge in [-0.3, -0.25) is 0 Å². The van der Waals surface area contributed by atoms with Gasteiger partial charge in [-0.1, -0.05) is 24.3 Å². The van der Waals surface area contributed by atoms with Gasteiger partial charge in [0.2, 0.25) is 0 Å². The zero-order valence-corrected chi connectivity index (χ0v) is 9.06. The first kappa shape index (κ1) is 9.64. The number of ether oxygens (including phenoxy) is 1. The molecule has 16 heavy (non-hydrogen) atoms. The average molecular weight is 214 g/mol. The van der Waals surface area contributed by atoms with Crippen molar-refractivity contribution >= 4 is 5.97 Å². The van der Waals surface area contributed by atoms with E-state index in [0.717, 1.165) is 12.8 Å². The second-order valence-corrected chi connectivity index (χ2v) is 4.46. The average Bonchev–Trinajstić information content (AvgIpc) is 2.75. The molecule has 0 unspecified atom stereocenters. The molecule has 2 atom stereocenters. The molecule has 0 amide bonds. The number of fused-ring (bicyclic) bond motifs is 1. The van der Waals surface area contributed by atoms with E-state index in [0.29, 0.717) is 5.92 Å². The van der Waals surface area contributed by atoms with E-state index in [1.165, 1.54) is 17.5 Å². The first-order valence-electron chi connectivity index (χ1n) is 5.81. The Bertz CT molecular complexity index is 448. The number of rotatable bonds is 1. The Kier molecular flexibility index (Phi) is 2.28. The van der Waals surface area contributed by atoms with E-state index in [1.807, 2.05) is 6.08 Å². The van der Waals surface area contributed by atoms with Gasteiger partial charge in [0.05, 0.1) is 0 Å². The van der Waals surface area contributed by atoms with E-state index in [4.69, 9.17) is 4.74 Å². The Labute approximate surface area is 94.9 Å². The number of hydrogen-bond acceptors (Lipinski definition) is 2. The summed E-state index contributed by atoms with van der Waals surface area (Å²) in [5, 5.41) is 0. The summed E-state index contributed by atoms with van der Waals surface area (Å²) in [5.74, 6) is 0.153. The highest BCUT2D eigenvalue weighted by molar-refractivity contribution is 5.84. The first-order valence-corrected chi connectivity index (χ1v) is 5.81. The number of esters is 1. The highest BCUT2D eigenvalue weighted by Gasteiger charge is 2.30. The van der Waals surface area contributed by atoms with E-state index in [1.54, 1.807) is 6.08 Å². The molecule has 0 radical (unpaired) electrons. The van der Waals surface area contributed by atoms with E-state index >= 15 is 0 Å². The fourth-order valence-electron chi connectivity index (χ4n) is 2.74. The van der Waals surface area contributed by atoms with Crippen molar-refractivity contribution in [2.75, 3.05) is 0 Å². The van der Waals surface area contributed by atoms with Crippen LogP contribution in [0.25, 0.3) is 0 Å². The maximum Gasteiger partial charge on any atom is 0.331 e. The van der Waals surface area contributed by atoms with Gasteiger partial charge in [0.25, 0.3) is 0 Å². The van der Waals surface area contributed by atoms with Crippen LogP contribution >= 0.6 is 0 Å². The van der Waals surface area contributed by atoms with E-state index in [9.17, 15) is 4.79 Å². The van der Waals surface area contributed by atoms with Gasteiger partial charge in [-0.25, -0.2) is 4.79 Å². The summed E-state index contributed by atoms with van der Waals surface area (Å²) in [5.41, 5.74) is 2.77. The minimum Gasteiger partial charge on any atom is -0.454 e. The third kappa shape index (κ3) is 1.54. The molecule has 2 nitrogen and oxygen atoms in total. The number of carbonyl (C=O) groups is 1. The Morgan fingerprint density at radius 3 is 2.94 bits per heavy atom. The van der Waals surface area contributed by atoms with Crippen molar-refractivity contribution in [2.24, 2.45) is 0 Å². The smallest absolute Gasteiger partial charge is 0.331 e. The van der Waals surface area contributed by atoms with E-state index < -0.39 is 0 Å². The van der Waals surface area contributed by atoms with Gasteiger partial charge in [-0.15, -0.1) is 0 Å². The summed E-state index contributed by atoms with van der Waals surface area (Å²) < 4.78 is 5.31. The number of aryl methyl sites for hydroxylation is 1. The minimum atomic E-state index is -0.201. The van der Waals surface area contributed by atoms with Gasteiger partial charge in [-0.05, 0) is 36.5 Å². The standard InChI is InChI=1S/C14H14O2/c15-14-9-8-13(16-14)12-7-3-5-10-4-1-2-6-11(10)12/h1-2,4,6,8-9,12-13H,3,5,7H2/t12-,13+/m1/s1. The third-order valence-corrected chi connectivity index (χ3v) is 3.49. The molecule has 3 rings (SSSR count). The van der Waals surface area contributed by atoms with Crippen LogP contribution in [0, 0.1) is 0 Å². The quantitative estimate of drug-likeness (QED) is 0.672. The Morgan fingerprint density at radius 2 is 2.12 bits per heavy atom. The molecule has 1 aromatic rings. The van der Waals surface area contributed by atoms with Crippen molar-refractivity contribution in [3.05, 3.63) is 47.5 Å². The molecule has 2 aliphatic rings. The van der Waals surface area contributed by atoms with Crippen molar-refractivity contribution in [1.82, 2.24) is 0 Å². The molecule has 1 aromatic carbocycles. The number of benzene rings is 1. The summed E-state index contributed by atoms with van der Waals surface area (Å²) in [4.78, 5) is 11.1. The van der Waals surface area contributed by atoms with Gasteiger partial charge in [0.1, 0.15) is 6.10 Å². The van der Waals surface area contributed by atoms with Crippen LogP contribution in [0.4, 0.5) is 0 Å². The SMILES string of the molecule is O=C1C=C[C@@H]([C@@H]2CCCc3ccccc32)O1. The fraction of sp³-hybridized carbons (Fsp3) is 0.357. The van der Waals surface area contributed by atoms with Crippen molar-refractivity contribution < 1.29 is 9.53 Å². The second kappa shape index (κ2) is 3.78. The molecule has 0 saturated carbocycles. The van der Waals surface area contributed by atoms with Crippen molar-refractivity contribution in [1.29, 1.82) is 0 Å². The third-order valence-electron chi connectivity index (χ3n) is 3.49. The predicted octanol–water partition coefficient (Wildman–Crippen LogP) is 2.59. The van der Waals surface area contributed by atoms with Crippen LogP contribution in [-0.4, -0.2) is 12.1 Å². The topological polar surface area (TPSA) is 26.3 Å². The summed E-state index contributed by atoms with van der Waals surface area (Å²) in [7, 11) is 0. The lowest BCUT2D eigenvalue weighted by molar-refractivity contribution is -0.139. The van der Waals surface area contributed by atoms with Crippen LogP contribution < -0.4 is 0 Å². The van der Waals surface area contributed by atoms with Crippen LogP contribution in [0.3, 0.4) is 0 Å². The molecular weight excluding hydrogens is 200 g/mol. The summed E-state index contributed by atoms with van der Waals surface area (Å²) in [6.45, 7) is 0. The lowest BCUT2D eigenvalue weighted by Gasteiger charge is -2.28. The van der Waals surface area contributed by atoms with E-state index in [2.05, 4.69) is 24.3 Å². The molecule has 82 valence electrons. The summed E-state index contributed by atoms with van der Waals surface area (Å²) >= 11 is 0. The molecular formula is C14H14O2. The van der Waals surface area contributed by atoms with Gasteiger partial charge < -0.3 is 4.74 Å². The maximum atomic E-state index is 11.1. The number of cyclic esters (lactones) is 1. The molecule has 0 fully saturated rings. The normalized spacial score (nSPS) is 27.6. The van der Waals surface area contributed by atoms with E-state index in [-0.39, 0.29) is 12.1 Å². The molecule has 0 spiro atoms. The monoisotopic (exact) mass is 214 g/mol. The largest absolute Gasteiger partial charge is 0.454 e. The van der Waals surface area contributed by atoms with Crippen LogP contribution in [0.5, 0.6) is 0 Å². The van der Waals surface area contributed by atoms with Crippen molar-refractivity contribution in [2.45, 2.75) is 31.3 Å². The second-order valence-electron chi connectivity index (χ2n) is 4.46. The zero-order valence-electron chi connectivity index (χ0n) is 9.06. The summed E-state index contributed by atoms with van der Waals surface area (Å²) in [6.07, 6.45) is 6.84. The van der Waals surface area contributed by atoms with Crippen LogP contribution in [0.1, 0.15) is 29.9 Å². The van der Waals surface area contributed by atoms with Crippen LogP contribution in [0.15, 0.2) is 36.4 Å². The number of hydrogen-bond donors (Lipinski definition) is 0. The van der Waals surface area contributed by atoms with Gasteiger partial charge >= 0.3 is 5.97 Å². The van der Waals surface area contributed by atoms with Gasteiger partial charge in [-0.2, -0.15) is 0 Å². The Balaban J connectivity index is 1.93. The molecule has 2 heteroatoms. The fourth-order valence-corrected chi connectivity index (χ4v) is 2.74. The molecule has 1 heterocycles. The minimum absolute atomic E-state index is 0.0473. The Morgan fingerprint density at radius 1 is 1.25 bits per heavy atom. The first-order chi connectivity index (χ1) is 7.84. The summed E-state index contributed by atoms with van der Waals surface area (Å²) in [6, 6.07) is 8.50. The molecule has 0 saturated heterocycles. The van der Waals surface area contributed by atoms with Crippen LogP contribution in [0.2, 0.25) is 0 Å². The highest BCUT2D eigenvalue weighted by Crippen LogP contribution is 2.36. The van der Waals surface area contributed by atoms with Crippen LogP contribution in [-0.2, 0) is 16.0 Å². The lowest BCUT2D eigenvalue weighted by Crippen LogP contribution is -2.22. The van der Waals surface area contributed by atoms with Crippen molar-refractivity contribution in [3.63, 3.8) is 0 Å². The zero-order chi connectivity index (χ0) is 11.0. The predicted molar refractivity (Wildman–Crippen MR) is 61.1 cm³/mol. The molecule has 1 aliphatic carbocycles. The lowest BCUT2D eigenvalue weighted by atomic mass is 9.80. The molecule has 0 aromatic heterocycles. The van der Waals surface area contributed by atoms with Crippen molar-refractivity contribution in [3.8, 4) is 0 Å². The van der Waals surface area contributed by atoms with Gasteiger partial charge in [0, 0.05) is 12.0 Å². The Hall–Kier alpha value is -1.57. The molecule has 0 bridgehead atoms. The maximum absolute atomic E-state index is 11.1.